The maximum Gasteiger partial charge on any atom is 0.417 e. The van der Waals surface area contributed by atoms with E-state index in [4.69, 9.17) is 4.74 Å². The Morgan fingerprint density at radius 3 is 2.50 bits per heavy atom. The van der Waals surface area contributed by atoms with Crippen LogP contribution in [0.5, 0.6) is 5.75 Å². The van der Waals surface area contributed by atoms with E-state index in [-0.39, 0.29) is 11.8 Å². The Balaban J connectivity index is 1.44. The van der Waals surface area contributed by atoms with Gasteiger partial charge in [0.2, 0.25) is 5.91 Å². The molecule has 0 unspecified atom stereocenters. The number of hydrogen-bond acceptors (Lipinski definition) is 5. The van der Waals surface area contributed by atoms with Gasteiger partial charge < -0.3 is 14.5 Å². The topological polar surface area (TPSA) is 45.7 Å². The number of alkyl halides is 3. The van der Waals surface area contributed by atoms with E-state index >= 15 is 0 Å². The molecule has 0 saturated carbocycles. The molecule has 1 saturated heterocycles. The Labute approximate surface area is 200 Å². The van der Waals surface area contributed by atoms with E-state index in [9.17, 15) is 18.0 Å². The number of methoxy groups -OCH3 is 1. The fraction of sp³-hybridized carbons (Fsp3) is 0.360. The van der Waals surface area contributed by atoms with Gasteiger partial charge in [-0.1, -0.05) is 24.3 Å². The molecule has 34 heavy (non-hydrogen) atoms. The van der Waals surface area contributed by atoms with E-state index in [0.29, 0.717) is 44.8 Å². The van der Waals surface area contributed by atoms with Crippen molar-refractivity contribution in [1.82, 2.24) is 9.88 Å². The first-order valence-corrected chi connectivity index (χ1v) is 11.9. The molecule has 180 valence electrons. The second-order valence-electron chi connectivity index (χ2n) is 8.25. The second-order valence-corrected chi connectivity index (χ2v) is 9.28. The molecule has 5 nitrogen and oxygen atoms in total. The molecule has 1 amide bonds. The number of anilines is 1. The number of aromatic nitrogens is 1. The normalized spacial score (nSPS) is 14.8. The van der Waals surface area contributed by atoms with Crippen molar-refractivity contribution in [3.8, 4) is 5.75 Å². The average Bonchev–Trinajstić information content (AvgIpc) is 3.36. The van der Waals surface area contributed by atoms with E-state index in [2.05, 4.69) is 4.98 Å². The van der Waals surface area contributed by atoms with Crippen molar-refractivity contribution in [1.29, 1.82) is 0 Å². The molecule has 1 aromatic carbocycles. The molecule has 0 bridgehead atoms. The van der Waals surface area contributed by atoms with Gasteiger partial charge in [-0.2, -0.15) is 13.2 Å². The minimum absolute atomic E-state index is 0.0827. The maximum atomic E-state index is 13.6. The zero-order valence-electron chi connectivity index (χ0n) is 18.8. The van der Waals surface area contributed by atoms with Gasteiger partial charge in [0.15, 0.2) is 0 Å². The smallest absolute Gasteiger partial charge is 0.417 e. The van der Waals surface area contributed by atoms with Gasteiger partial charge in [0, 0.05) is 42.2 Å². The van der Waals surface area contributed by atoms with Crippen LogP contribution >= 0.6 is 11.3 Å². The van der Waals surface area contributed by atoms with Crippen LogP contribution in [0.3, 0.4) is 0 Å². The Kier molecular flexibility index (Phi) is 7.41. The number of thiophene rings is 1. The van der Waals surface area contributed by atoms with Crippen LogP contribution in [-0.4, -0.2) is 36.0 Å². The predicted octanol–water partition coefficient (Wildman–Crippen LogP) is 5.62. The highest BCUT2D eigenvalue weighted by molar-refractivity contribution is 7.09. The van der Waals surface area contributed by atoms with Gasteiger partial charge in [-0.15, -0.1) is 11.3 Å². The summed E-state index contributed by atoms with van der Waals surface area (Å²) in [6.45, 7) is 2.10. The lowest BCUT2D eigenvalue weighted by atomic mass is 9.94. The number of amides is 1. The lowest BCUT2D eigenvalue weighted by molar-refractivity contribution is -0.138. The minimum Gasteiger partial charge on any atom is -0.496 e. The Morgan fingerprint density at radius 2 is 1.88 bits per heavy atom. The molecule has 0 radical (unpaired) electrons. The van der Waals surface area contributed by atoms with Gasteiger partial charge in [0.1, 0.15) is 11.6 Å². The number of benzene rings is 1. The van der Waals surface area contributed by atoms with E-state index < -0.39 is 11.7 Å². The summed E-state index contributed by atoms with van der Waals surface area (Å²) in [7, 11) is 1.62. The van der Waals surface area contributed by atoms with E-state index in [1.807, 2.05) is 51.6 Å². The summed E-state index contributed by atoms with van der Waals surface area (Å²) in [5.74, 6) is 1.18. The van der Waals surface area contributed by atoms with Gasteiger partial charge in [-0.05, 0) is 42.5 Å². The molecule has 1 aliphatic rings. The monoisotopic (exact) mass is 489 g/mol. The standard InChI is InChI=1S/C25H26F3N3O2S/c1-33-22-7-3-2-5-19(22)16-31(17-21-6-4-14-34-21)24(32)18-10-12-30(13-11-18)23-9-8-20(15-29-23)25(26,27)28/h2-9,14-15,18H,10-13,16-17H2,1H3. The molecular weight excluding hydrogens is 463 g/mol. The Bertz CT molecular complexity index is 1080. The minimum atomic E-state index is -4.40. The number of halogens is 3. The van der Waals surface area contributed by atoms with Crippen molar-refractivity contribution in [3.05, 3.63) is 76.1 Å². The molecular formula is C25H26F3N3O2S. The van der Waals surface area contributed by atoms with Crippen LogP contribution in [0.1, 0.15) is 28.8 Å². The van der Waals surface area contributed by atoms with Crippen molar-refractivity contribution < 1.29 is 22.7 Å². The summed E-state index contributed by atoms with van der Waals surface area (Å²) in [4.78, 5) is 22.5. The highest BCUT2D eigenvalue weighted by atomic mass is 32.1. The number of carbonyl (C=O) groups excluding carboxylic acids is 1. The van der Waals surface area contributed by atoms with Crippen molar-refractivity contribution in [3.63, 3.8) is 0 Å². The number of carbonyl (C=O) groups is 1. The third-order valence-corrected chi connectivity index (χ3v) is 6.90. The molecule has 9 heteroatoms. The van der Waals surface area contributed by atoms with Gasteiger partial charge in [0.05, 0.1) is 19.2 Å². The number of ether oxygens (including phenoxy) is 1. The van der Waals surface area contributed by atoms with Crippen LogP contribution in [0.4, 0.5) is 19.0 Å². The van der Waals surface area contributed by atoms with E-state index in [0.717, 1.165) is 28.5 Å². The maximum absolute atomic E-state index is 13.6. The number of nitrogens with zero attached hydrogens (tertiary/aromatic N) is 3. The summed E-state index contributed by atoms with van der Waals surface area (Å²) in [5.41, 5.74) is 0.183. The fourth-order valence-electron chi connectivity index (χ4n) is 4.20. The largest absolute Gasteiger partial charge is 0.496 e. The third kappa shape index (κ3) is 5.70. The molecule has 0 atom stereocenters. The van der Waals surface area contributed by atoms with Crippen molar-refractivity contribution in [2.45, 2.75) is 32.1 Å². The van der Waals surface area contributed by atoms with Crippen LogP contribution < -0.4 is 9.64 Å². The van der Waals surface area contributed by atoms with Crippen molar-refractivity contribution >= 4 is 23.1 Å². The fourth-order valence-corrected chi connectivity index (χ4v) is 4.92. The SMILES string of the molecule is COc1ccccc1CN(Cc1cccs1)C(=O)C1CCN(c2ccc(C(F)(F)F)cn2)CC1. The predicted molar refractivity (Wildman–Crippen MR) is 126 cm³/mol. The summed E-state index contributed by atoms with van der Waals surface area (Å²) < 4.78 is 43.9. The van der Waals surface area contributed by atoms with E-state index in [1.165, 1.54) is 6.07 Å². The van der Waals surface area contributed by atoms with Gasteiger partial charge >= 0.3 is 6.18 Å². The molecule has 1 aliphatic heterocycles. The number of rotatable bonds is 7. The molecule has 3 heterocycles. The van der Waals surface area contributed by atoms with Crippen LogP contribution in [0.2, 0.25) is 0 Å². The lowest BCUT2D eigenvalue weighted by Crippen LogP contribution is -2.42. The van der Waals surface area contributed by atoms with Crippen LogP contribution in [-0.2, 0) is 24.1 Å². The zero-order valence-corrected chi connectivity index (χ0v) is 19.6. The molecule has 0 aliphatic carbocycles. The first-order chi connectivity index (χ1) is 16.3. The van der Waals surface area contributed by atoms with Crippen LogP contribution in [0.15, 0.2) is 60.1 Å². The Morgan fingerprint density at radius 1 is 1.12 bits per heavy atom. The van der Waals surface area contributed by atoms with Gasteiger partial charge in [-0.3, -0.25) is 4.79 Å². The summed E-state index contributed by atoms with van der Waals surface area (Å²) in [6.07, 6.45) is -2.30. The second kappa shape index (κ2) is 10.5. The number of hydrogen-bond donors (Lipinski definition) is 0. The molecule has 3 aromatic rings. The molecule has 0 spiro atoms. The zero-order chi connectivity index (χ0) is 24.1. The van der Waals surface area contributed by atoms with E-state index in [1.54, 1.807) is 18.4 Å². The van der Waals surface area contributed by atoms with Gasteiger partial charge in [-0.25, -0.2) is 4.98 Å². The summed E-state index contributed by atoms with van der Waals surface area (Å²) in [5, 5.41) is 2.00. The first-order valence-electron chi connectivity index (χ1n) is 11.1. The van der Waals surface area contributed by atoms with Crippen molar-refractivity contribution in [2.75, 3.05) is 25.1 Å². The molecule has 2 aromatic heterocycles. The Hall–Kier alpha value is -3.07. The first kappa shape index (κ1) is 24.1. The highest BCUT2D eigenvalue weighted by Gasteiger charge is 2.32. The highest BCUT2D eigenvalue weighted by Crippen LogP contribution is 2.31. The number of para-hydroxylation sites is 1. The average molecular weight is 490 g/mol. The summed E-state index contributed by atoms with van der Waals surface area (Å²) >= 11 is 1.61. The third-order valence-electron chi connectivity index (χ3n) is 6.04. The number of piperidine rings is 1. The molecule has 1 fully saturated rings. The van der Waals surface area contributed by atoms with Crippen molar-refractivity contribution in [2.24, 2.45) is 5.92 Å². The molecule has 4 rings (SSSR count). The summed E-state index contributed by atoms with van der Waals surface area (Å²) in [6, 6.07) is 14.1. The van der Waals surface area contributed by atoms with Crippen LogP contribution in [0.25, 0.3) is 0 Å². The number of pyridine rings is 1. The molecule has 0 N–H and O–H groups in total. The van der Waals surface area contributed by atoms with Gasteiger partial charge in [0.25, 0.3) is 0 Å². The van der Waals surface area contributed by atoms with Crippen LogP contribution in [0, 0.1) is 5.92 Å². The quantitative estimate of drug-likeness (QED) is 0.433. The lowest BCUT2D eigenvalue weighted by Gasteiger charge is -2.35.